The third-order valence-corrected chi connectivity index (χ3v) is 6.28. The number of ketones is 1. The molecule has 3 rings (SSSR count). The maximum atomic E-state index is 12.7. The van der Waals surface area contributed by atoms with E-state index in [-0.39, 0.29) is 11.0 Å². The molecule has 1 heterocycles. The van der Waals surface area contributed by atoms with Gasteiger partial charge in [0.25, 0.3) is 0 Å². The fourth-order valence-corrected chi connectivity index (χ4v) is 4.57. The largest absolute Gasteiger partial charge is 0.494 e. The highest BCUT2D eigenvalue weighted by atomic mass is 32.2. The molecule has 1 atom stereocenters. The molecule has 7 heteroatoms. The van der Waals surface area contributed by atoms with Crippen LogP contribution in [0.1, 0.15) is 35.3 Å². The fourth-order valence-electron chi connectivity index (χ4n) is 2.57. The molecule has 146 valence electrons. The van der Waals surface area contributed by atoms with Gasteiger partial charge in [-0.15, -0.1) is 10.2 Å². The number of anilines is 2. The fraction of sp³-hybridized carbons (Fsp3) is 0.286. The molecule has 0 aliphatic rings. The molecule has 0 radical (unpaired) electrons. The maximum absolute atomic E-state index is 12.7. The SMILES string of the molecule is CCOc1ccc(C(=O)[C@H](C)Sc2nnc(Nc3ccc(C)c(C)c3)s2)cc1. The summed E-state index contributed by atoms with van der Waals surface area (Å²) in [6.45, 7) is 8.59. The van der Waals surface area contributed by atoms with Gasteiger partial charge in [0, 0.05) is 11.3 Å². The quantitative estimate of drug-likeness (QED) is 0.380. The molecule has 2 aromatic carbocycles. The Bertz CT molecular complexity index is 955. The molecule has 0 unspecified atom stereocenters. The minimum atomic E-state index is -0.250. The normalized spacial score (nSPS) is 11.9. The highest BCUT2D eigenvalue weighted by molar-refractivity contribution is 8.02. The lowest BCUT2D eigenvalue weighted by molar-refractivity contribution is 0.0994. The first-order valence-corrected chi connectivity index (χ1v) is 10.8. The van der Waals surface area contributed by atoms with Crippen LogP contribution >= 0.6 is 23.1 Å². The zero-order chi connectivity index (χ0) is 20.1. The van der Waals surface area contributed by atoms with Crippen molar-refractivity contribution in [3.63, 3.8) is 0 Å². The molecule has 0 saturated heterocycles. The van der Waals surface area contributed by atoms with E-state index in [0.717, 1.165) is 15.8 Å². The van der Waals surface area contributed by atoms with Gasteiger partial charge in [-0.05, 0) is 75.2 Å². The molecule has 0 saturated carbocycles. The molecule has 3 aromatic rings. The van der Waals surface area contributed by atoms with E-state index in [1.165, 1.54) is 34.2 Å². The van der Waals surface area contributed by atoms with Crippen molar-refractivity contribution in [2.75, 3.05) is 11.9 Å². The second-order valence-electron chi connectivity index (χ2n) is 6.38. The van der Waals surface area contributed by atoms with Crippen LogP contribution in [0.3, 0.4) is 0 Å². The van der Waals surface area contributed by atoms with Gasteiger partial charge in [0.05, 0.1) is 11.9 Å². The summed E-state index contributed by atoms with van der Waals surface area (Å²) in [5.74, 6) is 0.831. The molecule has 0 fully saturated rings. The zero-order valence-electron chi connectivity index (χ0n) is 16.4. The number of hydrogen-bond donors (Lipinski definition) is 1. The smallest absolute Gasteiger partial charge is 0.210 e. The van der Waals surface area contributed by atoms with Crippen molar-refractivity contribution in [1.29, 1.82) is 0 Å². The summed E-state index contributed by atoms with van der Waals surface area (Å²) in [6.07, 6.45) is 0. The first kappa shape index (κ1) is 20.4. The number of nitrogens with zero attached hydrogens (tertiary/aromatic N) is 2. The Morgan fingerprint density at radius 3 is 2.57 bits per heavy atom. The van der Waals surface area contributed by atoms with Gasteiger partial charge in [-0.1, -0.05) is 29.2 Å². The van der Waals surface area contributed by atoms with Crippen molar-refractivity contribution in [2.24, 2.45) is 0 Å². The van der Waals surface area contributed by atoms with E-state index in [4.69, 9.17) is 4.74 Å². The molecule has 1 aromatic heterocycles. The number of aryl methyl sites for hydroxylation is 2. The Kier molecular flexibility index (Phi) is 6.70. The second kappa shape index (κ2) is 9.21. The number of Topliss-reactive ketones (excluding diaryl/α,β-unsaturated/α-hetero) is 1. The molecule has 0 aliphatic heterocycles. The van der Waals surface area contributed by atoms with Crippen LogP contribution in [0.15, 0.2) is 46.8 Å². The number of hydrogen-bond acceptors (Lipinski definition) is 7. The number of rotatable bonds is 8. The summed E-state index contributed by atoms with van der Waals surface area (Å²) < 4.78 is 6.18. The maximum Gasteiger partial charge on any atom is 0.210 e. The second-order valence-corrected chi connectivity index (χ2v) is 8.94. The topological polar surface area (TPSA) is 64.1 Å². The minimum absolute atomic E-state index is 0.0620. The van der Waals surface area contributed by atoms with Crippen LogP contribution < -0.4 is 10.1 Å². The summed E-state index contributed by atoms with van der Waals surface area (Å²) >= 11 is 2.87. The first-order valence-electron chi connectivity index (χ1n) is 9.07. The highest BCUT2D eigenvalue weighted by Gasteiger charge is 2.19. The number of ether oxygens (including phenoxy) is 1. The molecule has 0 spiro atoms. The first-order chi connectivity index (χ1) is 13.5. The average Bonchev–Trinajstić information content (AvgIpc) is 3.12. The van der Waals surface area contributed by atoms with Crippen molar-refractivity contribution in [2.45, 2.75) is 37.3 Å². The van der Waals surface area contributed by atoms with Crippen LogP contribution in [0, 0.1) is 13.8 Å². The lowest BCUT2D eigenvalue weighted by Gasteiger charge is -2.09. The molecule has 5 nitrogen and oxygen atoms in total. The highest BCUT2D eigenvalue weighted by Crippen LogP contribution is 2.32. The molecule has 0 bridgehead atoms. The number of carbonyl (C=O) groups is 1. The summed E-state index contributed by atoms with van der Waals surface area (Å²) in [5.41, 5.74) is 4.12. The molecular weight excluding hydrogens is 390 g/mol. The van der Waals surface area contributed by atoms with Gasteiger partial charge in [0.15, 0.2) is 10.1 Å². The summed E-state index contributed by atoms with van der Waals surface area (Å²) in [4.78, 5) is 12.7. The number of benzene rings is 2. The Morgan fingerprint density at radius 1 is 1.14 bits per heavy atom. The number of thioether (sulfide) groups is 1. The Morgan fingerprint density at radius 2 is 1.89 bits per heavy atom. The Balaban J connectivity index is 1.61. The molecule has 0 aliphatic carbocycles. The van der Waals surface area contributed by atoms with Crippen LogP contribution in [-0.4, -0.2) is 27.8 Å². The van der Waals surface area contributed by atoms with Gasteiger partial charge in [0.1, 0.15) is 5.75 Å². The number of aromatic nitrogens is 2. The molecular formula is C21H23N3O2S2. The number of nitrogens with one attached hydrogen (secondary N) is 1. The predicted molar refractivity (Wildman–Crippen MR) is 116 cm³/mol. The van der Waals surface area contributed by atoms with E-state index < -0.39 is 0 Å². The van der Waals surface area contributed by atoms with E-state index in [1.807, 2.05) is 32.0 Å². The van der Waals surface area contributed by atoms with E-state index in [1.54, 1.807) is 12.1 Å². The van der Waals surface area contributed by atoms with Crippen LogP contribution in [0.4, 0.5) is 10.8 Å². The lowest BCUT2D eigenvalue weighted by Crippen LogP contribution is -2.13. The van der Waals surface area contributed by atoms with Crippen molar-refractivity contribution < 1.29 is 9.53 Å². The van der Waals surface area contributed by atoms with E-state index in [2.05, 4.69) is 41.5 Å². The standard InChI is InChI=1S/C21H23N3O2S2/c1-5-26-18-10-7-16(8-11-18)19(25)15(4)27-21-24-23-20(28-21)22-17-9-6-13(2)14(3)12-17/h6-12,15H,5H2,1-4H3,(H,22,23)/t15-/m0/s1. The van der Waals surface area contributed by atoms with Crippen LogP contribution in [-0.2, 0) is 0 Å². The predicted octanol–water partition coefficient (Wildman–Crippen LogP) is 5.66. The van der Waals surface area contributed by atoms with Gasteiger partial charge in [-0.3, -0.25) is 4.79 Å². The number of carbonyl (C=O) groups excluding carboxylic acids is 1. The Labute approximate surface area is 173 Å². The van der Waals surface area contributed by atoms with Gasteiger partial charge in [0.2, 0.25) is 5.13 Å². The van der Waals surface area contributed by atoms with E-state index >= 15 is 0 Å². The van der Waals surface area contributed by atoms with Gasteiger partial charge in [-0.25, -0.2) is 0 Å². The van der Waals surface area contributed by atoms with E-state index in [9.17, 15) is 4.79 Å². The van der Waals surface area contributed by atoms with Crippen molar-refractivity contribution in [1.82, 2.24) is 10.2 Å². The van der Waals surface area contributed by atoms with Crippen molar-refractivity contribution >= 4 is 39.7 Å². The third kappa shape index (κ3) is 5.11. The monoisotopic (exact) mass is 413 g/mol. The van der Waals surface area contributed by atoms with Gasteiger partial charge >= 0.3 is 0 Å². The van der Waals surface area contributed by atoms with Gasteiger partial charge in [-0.2, -0.15) is 0 Å². The van der Waals surface area contributed by atoms with Crippen molar-refractivity contribution in [3.05, 3.63) is 59.2 Å². The zero-order valence-corrected chi connectivity index (χ0v) is 18.0. The van der Waals surface area contributed by atoms with Crippen LogP contribution in [0.5, 0.6) is 5.75 Å². The third-order valence-electron chi connectivity index (χ3n) is 4.26. The Hall–Kier alpha value is -2.38. The average molecular weight is 414 g/mol. The minimum Gasteiger partial charge on any atom is -0.494 e. The molecule has 28 heavy (non-hydrogen) atoms. The lowest BCUT2D eigenvalue weighted by atomic mass is 10.1. The molecule has 1 N–H and O–H groups in total. The van der Waals surface area contributed by atoms with E-state index in [0.29, 0.717) is 17.3 Å². The molecule has 0 amide bonds. The van der Waals surface area contributed by atoms with Crippen LogP contribution in [0.25, 0.3) is 0 Å². The van der Waals surface area contributed by atoms with Crippen molar-refractivity contribution in [3.8, 4) is 5.75 Å². The summed E-state index contributed by atoms with van der Waals surface area (Å²) in [7, 11) is 0. The van der Waals surface area contributed by atoms with Crippen LogP contribution in [0.2, 0.25) is 0 Å². The summed E-state index contributed by atoms with van der Waals surface area (Å²) in [5, 5.41) is 12.1. The van der Waals surface area contributed by atoms with Gasteiger partial charge < -0.3 is 10.1 Å². The summed E-state index contributed by atoms with van der Waals surface area (Å²) in [6, 6.07) is 13.4.